The molecule has 1 saturated heterocycles. The quantitative estimate of drug-likeness (QED) is 0.134. The number of ether oxygens (including phenoxy) is 2. The van der Waals surface area contributed by atoms with Crippen LogP contribution in [0, 0.1) is 11.6 Å². The lowest BCUT2D eigenvalue weighted by atomic mass is 9.95. The first kappa shape index (κ1) is 33.6. The van der Waals surface area contributed by atoms with Crippen LogP contribution in [0.15, 0.2) is 54.6 Å². The number of halogens is 2. The standard InChI is InChI=1S/C38H39F2N7O3S/c1-7-30-38(50-30)46-17-20(2)47-29(21(46)3)15-27(43-47)36-34(33-26(40)13-24(39)14-31(33)49-6)37-25(9-11-51-37)35(42-36)23-12-22-8-10-45(18-28(22)41-16-23)19-32(48)44(4)5/h7,9,11-16,20-21,30,38H,1,8,10,17-19H2,2-6H3/t20-,21+,30?,38?/m0/s1. The molecular formula is C38H39F2N7O3S. The van der Waals surface area contributed by atoms with Crippen LogP contribution in [0.2, 0.25) is 0 Å². The first-order valence-corrected chi connectivity index (χ1v) is 17.9. The van der Waals surface area contributed by atoms with Gasteiger partial charge in [-0.05, 0) is 49.4 Å². The Bertz CT molecular complexity index is 2200. The van der Waals surface area contributed by atoms with E-state index in [-0.39, 0.29) is 41.6 Å². The number of hydrogen-bond acceptors (Lipinski definition) is 9. The fourth-order valence-corrected chi connectivity index (χ4v) is 8.41. The van der Waals surface area contributed by atoms with Gasteiger partial charge in [0.2, 0.25) is 5.91 Å². The maximum atomic E-state index is 16.0. The number of hydrogen-bond donors (Lipinski definition) is 0. The van der Waals surface area contributed by atoms with Gasteiger partial charge >= 0.3 is 0 Å². The number of carbonyl (C=O) groups excluding carboxylic acids is 1. The van der Waals surface area contributed by atoms with E-state index in [9.17, 15) is 9.18 Å². The van der Waals surface area contributed by atoms with Crippen LogP contribution in [0.4, 0.5) is 8.78 Å². The summed E-state index contributed by atoms with van der Waals surface area (Å²) in [5.41, 5.74) is 6.21. The number of pyridine rings is 2. The van der Waals surface area contributed by atoms with Gasteiger partial charge in [-0.15, -0.1) is 17.9 Å². The number of thiophene rings is 1. The molecule has 264 valence electrons. The van der Waals surface area contributed by atoms with Gasteiger partial charge in [0.05, 0.1) is 48.4 Å². The summed E-state index contributed by atoms with van der Waals surface area (Å²) in [7, 11) is 4.93. The van der Waals surface area contributed by atoms with Gasteiger partial charge in [0.25, 0.3) is 0 Å². The van der Waals surface area contributed by atoms with Crippen LogP contribution >= 0.6 is 11.3 Å². The molecule has 4 atom stereocenters. The van der Waals surface area contributed by atoms with E-state index in [1.54, 1.807) is 19.0 Å². The van der Waals surface area contributed by atoms with Crippen molar-refractivity contribution < 1.29 is 23.0 Å². The third kappa shape index (κ3) is 5.81. The minimum atomic E-state index is -0.747. The number of carbonyl (C=O) groups is 1. The highest BCUT2D eigenvalue weighted by Gasteiger charge is 2.46. The summed E-state index contributed by atoms with van der Waals surface area (Å²) < 4.78 is 44.8. The topological polar surface area (TPSA) is 92.2 Å². The highest BCUT2D eigenvalue weighted by molar-refractivity contribution is 7.18. The van der Waals surface area contributed by atoms with Crippen molar-refractivity contribution in [1.82, 2.24) is 34.4 Å². The Labute approximate surface area is 298 Å². The minimum absolute atomic E-state index is 0.00610. The fourth-order valence-electron chi connectivity index (χ4n) is 7.46. The maximum absolute atomic E-state index is 16.0. The summed E-state index contributed by atoms with van der Waals surface area (Å²) in [6.45, 7) is 10.5. The first-order valence-electron chi connectivity index (χ1n) is 17.0. The van der Waals surface area contributed by atoms with Gasteiger partial charge < -0.3 is 14.4 Å². The number of amides is 1. The number of rotatable bonds is 8. The Balaban J connectivity index is 1.28. The van der Waals surface area contributed by atoms with Gasteiger partial charge in [0.1, 0.15) is 41.1 Å². The second-order valence-electron chi connectivity index (χ2n) is 13.7. The zero-order valence-electron chi connectivity index (χ0n) is 29.2. The SMILES string of the molecule is C=CC1OC1N1C[C@H](C)n2nc(-c3nc(-c4cnc5c(c4)CCN(CC(=O)N(C)C)C5)c4ccsc4c3-c3c(F)cc(F)cc3OC)cc2[C@H]1C. The van der Waals surface area contributed by atoms with Gasteiger partial charge in [0, 0.05) is 73.3 Å². The zero-order chi connectivity index (χ0) is 35.7. The molecule has 0 N–H and O–H groups in total. The van der Waals surface area contributed by atoms with Crippen LogP contribution in [0.3, 0.4) is 0 Å². The maximum Gasteiger partial charge on any atom is 0.236 e. The van der Waals surface area contributed by atoms with Gasteiger partial charge in [0.15, 0.2) is 0 Å². The van der Waals surface area contributed by atoms with E-state index in [0.717, 1.165) is 58.2 Å². The van der Waals surface area contributed by atoms with Crippen LogP contribution in [-0.4, -0.2) is 93.5 Å². The van der Waals surface area contributed by atoms with Crippen LogP contribution in [0.25, 0.3) is 43.9 Å². The van der Waals surface area contributed by atoms with Crippen LogP contribution in [0.5, 0.6) is 5.75 Å². The van der Waals surface area contributed by atoms with E-state index >= 15 is 4.39 Å². The summed E-state index contributed by atoms with van der Waals surface area (Å²) in [6, 6.07) is 8.22. The molecule has 1 amide bonds. The number of nitrogens with zero attached hydrogens (tertiary/aromatic N) is 7. The lowest BCUT2D eigenvalue weighted by Gasteiger charge is -2.36. The molecule has 0 spiro atoms. The molecule has 1 fully saturated rings. The van der Waals surface area contributed by atoms with Gasteiger partial charge in [-0.3, -0.25) is 24.3 Å². The molecule has 3 aliphatic heterocycles. The molecule has 4 aromatic heterocycles. The Hall–Kier alpha value is -4.56. The average molecular weight is 712 g/mol. The van der Waals surface area contributed by atoms with E-state index < -0.39 is 11.6 Å². The molecular weight excluding hydrogens is 673 g/mol. The van der Waals surface area contributed by atoms with Crippen molar-refractivity contribution in [2.24, 2.45) is 0 Å². The number of benzene rings is 1. The largest absolute Gasteiger partial charge is 0.496 e. The van der Waals surface area contributed by atoms with Crippen LogP contribution < -0.4 is 4.74 Å². The molecule has 7 heterocycles. The highest BCUT2D eigenvalue weighted by atomic mass is 32.1. The molecule has 0 aliphatic carbocycles. The summed E-state index contributed by atoms with van der Waals surface area (Å²) in [5, 5.41) is 7.89. The van der Waals surface area contributed by atoms with E-state index in [4.69, 9.17) is 24.5 Å². The lowest BCUT2D eigenvalue weighted by molar-refractivity contribution is -0.130. The first-order chi connectivity index (χ1) is 24.6. The summed E-state index contributed by atoms with van der Waals surface area (Å²) >= 11 is 1.46. The van der Waals surface area contributed by atoms with E-state index in [1.807, 2.05) is 34.5 Å². The van der Waals surface area contributed by atoms with Crippen LogP contribution in [-0.2, 0) is 22.5 Å². The number of aromatic nitrogens is 4. The smallest absolute Gasteiger partial charge is 0.236 e. The molecule has 5 aromatic rings. The Morgan fingerprint density at radius 1 is 1.18 bits per heavy atom. The molecule has 2 unspecified atom stereocenters. The van der Waals surface area contributed by atoms with Crippen molar-refractivity contribution in [3.05, 3.63) is 83.1 Å². The van der Waals surface area contributed by atoms with Crippen LogP contribution in [0.1, 0.15) is 42.9 Å². The third-order valence-corrected chi connectivity index (χ3v) is 11.2. The number of methoxy groups -OCH3 is 1. The van der Waals surface area contributed by atoms with Crippen molar-refractivity contribution >= 4 is 27.3 Å². The second-order valence-corrected chi connectivity index (χ2v) is 14.7. The molecule has 1 aromatic carbocycles. The van der Waals surface area contributed by atoms with Gasteiger partial charge in [-0.25, -0.2) is 13.8 Å². The van der Waals surface area contributed by atoms with E-state index in [0.29, 0.717) is 35.7 Å². The summed E-state index contributed by atoms with van der Waals surface area (Å²) in [5.74, 6) is -1.35. The molecule has 0 bridgehead atoms. The van der Waals surface area contributed by atoms with Gasteiger partial charge in [-0.1, -0.05) is 6.08 Å². The predicted octanol–water partition coefficient (Wildman–Crippen LogP) is 6.47. The van der Waals surface area contributed by atoms with Crippen molar-refractivity contribution in [2.45, 2.75) is 51.2 Å². The molecule has 0 saturated carbocycles. The normalized spacial score (nSPS) is 21.7. The Morgan fingerprint density at radius 3 is 2.75 bits per heavy atom. The highest BCUT2D eigenvalue weighted by Crippen LogP contribution is 2.48. The molecule has 0 radical (unpaired) electrons. The predicted molar refractivity (Wildman–Crippen MR) is 192 cm³/mol. The van der Waals surface area contributed by atoms with Gasteiger partial charge in [-0.2, -0.15) is 5.10 Å². The van der Waals surface area contributed by atoms with E-state index in [2.05, 4.69) is 36.3 Å². The molecule has 51 heavy (non-hydrogen) atoms. The van der Waals surface area contributed by atoms with Crippen molar-refractivity contribution in [3.8, 4) is 39.5 Å². The second kappa shape index (κ2) is 12.9. The van der Waals surface area contributed by atoms with E-state index in [1.165, 1.54) is 24.5 Å². The van der Waals surface area contributed by atoms with Crippen molar-refractivity contribution in [2.75, 3.05) is 40.8 Å². The summed E-state index contributed by atoms with van der Waals surface area (Å²) in [4.78, 5) is 28.6. The molecule has 8 rings (SSSR count). The van der Waals surface area contributed by atoms with Crippen molar-refractivity contribution in [3.63, 3.8) is 0 Å². The summed E-state index contributed by atoms with van der Waals surface area (Å²) in [6.07, 6.45) is 4.35. The number of likely N-dealkylation sites (N-methyl/N-ethyl adjacent to an activating group) is 1. The van der Waals surface area contributed by atoms with Crippen molar-refractivity contribution in [1.29, 1.82) is 0 Å². The molecule has 13 heteroatoms. The molecule has 10 nitrogen and oxygen atoms in total. The molecule has 3 aliphatic rings. The number of epoxide rings is 1. The monoisotopic (exact) mass is 711 g/mol. The Kier molecular flexibility index (Phi) is 8.49. The zero-order valence-corrected chi connectivity index (χ0v) is 30.0. The number of fused-ring (bicyclic) bond motifs is 3. The third-order valence-electron chi connectivity index (χ3n) is 10.2. The Morgan fingerprint density at radius 2 is 2.00 bits per heavy atom. The fraction of sp³-hybridized carbons (Fsp3) is 0.368. The minimum Gasteiger partial charge on any atom is -0.496 e. The lowest BCUT2D eigenvalue weighted by Crippen LogP contribution is -2.41. The average Bonchev–Trinajstić information content (AvgIpc) is 3.48.